The fraction of sp³-hybridized carbons (Fsp3) is 0.545. The van der Waals surface area contributed by atoms with Crippen molar-refractivity contribution in [2.45, 2.75) is 33.6 Å². The lowest BCUT2D eigenvalue weighted by atomic mass is 10.2. The van der Waals surface area contributed by atoms with Crippen molar-refractivity contribution in [2.75, 3.05) is 6.54 Å². The fourth-order valence-corrected chi connectivity index (χ4v) is 2.34. The highest BCUT2D eigenvalue weighted by molar-refractivity contribution is 7.14. The van der Waals surface area contributed by atoms with Gasteiger partial charge in [0.15, 0.2) is 0 Å². The minimum atomic E-state index is 0.0691. The minimum Gasteiger partial charge on any atom is -0.351 e. The quantitative estimate of drug-likeness (QED) is 0.815. The van der Waals surface area contributed by atoms with Gasteiger partial charge in [0.25, 0.3) is 5.91 Å². The molecule has 0 bridgehead atoms. The van der Waals surface area contributed by atoms with Crippen LogP contribution in [-0.2, 0) is 6.42 Å². The summed E-state index contributed by atoms with van der Waals surface area (Å²) in [5.74, 6) is 0.0691. The summed E-state index contributed by atoms with van der Waals surface area (Å²) in [6.07, 6.45) is 1.99. The summed E-state index contributed by atoms with van der Waals surface area (Å²) in [7, 11) is 0. The van der Waals surface area contributed by atoms with Crippen molar-refractivity contribution in [3.05, 3.63) is 21.4 Å². The van der Waals surface area contributed by atoms with Crippen molar-refractivity contribution in [1.82, 2.24) is 5.32 Å². The predicted molar refractivity (Wildman–Crippen MR) is 61.1 cm³/mol. The summed E-state index contributed by atoms with van der Waals surface area (Å²) in [6, 6.07) is 1.98. The molecule has 78 valence electrons. The van der Waals surface area contributed by atoms with Crippen LogP contribution in [0.2, 0.25) is 0 Å². The van der Waals surface area contributed by atoms with Crippen LogP contribution in [0.3, 0.4) is 0 Å². The minimum absolute atomic E-state index is 0.0691. The van der Waals surface area contributed by atoms with Crippen molar-refractivity contribution >= 4 is 17.2 Å². The van der Waals surface area contributed by atoms with E-state index in [1.807, 2.05) is 6.07 Å². The molecule has 14 heavy (non-hydrogen) atoms. The molecular formula is C11H17NOS. The van der Waals surface area contributed by atoms with Gasteiger partial charge in [-0.1, -0.05) is 13.8 Å². The monoisotopic (exact) mass is 211 g/mol. The molecule has 1 amide bonds. The lowest BCUT2D eigenvalue weighted by Gasteiger charge is -1.99. The number of aryl methyl sites for hydroxylation is 2. The summed E-state index contributed by atoms with van der Waals surface area (Å²) in [5.41, 5.74) is 1.24. The van der Waals surface area contributed by atoms with E-state index in [2.05, 4.69) is 26.1 Å². The van der Waals surface area contributed by atoms with Gasteiger partial charge in [-0.15, -0.1) is 11.3 Å². The molecule has 2 nitrogen and oxygen atoms in total. The van der Waals surface area contributed by atoms with Crippen molar-refractivity contribution in [3.63, 3.8) is 0 Å². The van der Waals surface area contributed by atoms with Crippen LogP contribution in [0.1, 0.15) is 40.4 Å². The zero-order chi connectivity index (χ0) is 10.6. The molecule has 0 unspecified atom stereocenters. The lowest BCUT2D eigenvalue weighted by molar-refractivity contribution is 0.0957. The van der Waals surface area contributed by atoms with E-state index in [9.17, 15) is 4.79 Å². The Morgan fingerprint density at radius 3 is 2.71 bits per heavy atom. The van der Waals surface area contributed by atoms with Gasteiger partial charge in [-0.25, -0.2) is 0 Å². The van der Waals surface area contributed by atoms with Gasteiger partial charge in [0.05, 0.1) is 4.88 Å². The predicted octanol–water partition coefficient (Wildman–Crippen LogP) is 2.76. The van der Waals surface area contributed by atoms with Crippen LogP contribution in [0.4, 0.5) is 0 Å². The fourth-order valence-electron chi connectivity index (χ4n) is 1.31. The molecule has 0 aliphatic carbocycles. The average molecular weight is 211 g/mol. The van der Waals surface area contributed by atoms with Gasteiger partial charge in [0.1, 0.15) is 0 Å². The summed E-state index contributed by atoms with van der Waals surface area (Å²) in [4.78, 5) is 13.7. The normalized spacial score (nSPS) is 10.2. The lowest BCUT2D eigenvalue weighted by Crippen LogP contribution is -2.22. The average Bonchev–Trinajstić information content (AvgIpc) is 2.56. The number of carbonyl (C=O) groups is 1. The van der Waals surface area contributed by atoms with Crippen LogP contribution in [-0.4, -0.2) is 12.5 Å². The zero-order valence-electron chi connectivity index (χ0n) is 9.02. The number of rotatable bonds is 4. The molecule has 1 aromatic rings. The van der Waals surface area contributed by atoms with Crippen LogP contribution in [0.25, 0.3) is 0 Å². The molecule has 0 spiro atoms. The van der Waals surface area contributed by atoms with Crippen LogP contribution in [0, 0.1) is 6.92 Å². The summed E-state index contributed by atoms with van der Waals surface area (Å²) >= 11 is 1.61. The zero-order valence-corrected chi connectivity index (χ0v) is 9.83. The first-order valence-electron chi connectivity index (χ1n) is 5.06. The standard InChI is InChI=1S/C11H17NOS/c1-4-6-12-11(13)10-7-8(3)9(5-2)14-10/h7H,4-6H2,1-3H3,(H,12,13). The molecule has 3 heteroatoms. The molecule has 1 N–H and O–H groups in total. The van der Waals surface area contributed by atoms with Gasteiger partial charge in [0.2, 0.25) is 0 Å². The first-order valence-corrected chi connectivity index (χ1v) is 5.88. The van der Waals surface area contributed by atoms with Crippen molar-refractivity contribution in [2.24, 2.45) is 0 Å². The molecule has 0 saturated carbocycles. The van der Waals surface area contributed by atoms with E-state index in [-0.39, 0.29) is 5.91 Å². The van der Waals surface area contributed by atoms with Gasteiger partial charge < -0.3 is 5.32 Å². The molecular weight excluding hydrogens is 194 g/mol. The smallest absolute Gasteiger partial charge is 0.261 e. The SMILES string of the molecule is CCCNC(=O)c1cc(C)c(CC)s1. The highest BCUT2D eigenvalue weighted by Gasteiger charge is 2.10. The molecule has 0 aliphatic rings. The van der Waals surface area contributed by atoms with Crippen LogP contribution in [0.15, 0.2) is 6.07 Å². The first-order chi connectivity index (χ1) is 6.69. The molecule has 0 saturated heterocycles. The Morgan fingerprint density at radius 1 is 1.50 bits per heavy atom. The summed E-state index contributed by atoms with van der Waals surface area (Å²) in [6.45, 7) is 6.99. The van der Waals surface area contributed by atoms with Crippen LogP contribution < -0.4 is 5.32 Å². The molecule has 0 radical (unpaired) electrons. The third kappa shape index (κ3) is 2.58. The number of hydrogen-bond donors (Lipinski definition) is 1. The largest absolute Gasteiger partial charge is 0.351 e. The number of thiophene rings is 1. The van der Waals surface area contributed by atoms with Gasteiger partial charge >= 0.3 is 0 Å². The molecule has 0 aromatic carbocycles. The van der Waals surface area contributed by atoms with E-state index in [4.69, 9.17) is 0 Å². The Hall–Kier alpha value is -0.830. The van der Waals surface area contributed by atoms with Crippen molar-refractivity contribution in [1.29, 1.82) is 0 Å². The Balaban J connectivity index is 2.70. The van der Waals surface area contributed by atoms with E-state index in [0.29, 0.717) is 0 Å². The second kappa shape index (κ2) is 5.15. The Labute approximate surface area is 89.3 Å². The number of amides is 1. The number of nitrogens with one attached hydrogen (secondary N) is 1. The van der Waals surface area contributed by atoms with Crippen molar-refractivity contribution in [3.8, 4) is 0 Å². The van der Waals surface area contributed by atoms with E-state index in [0.717, 1.165) is 24.3 Å². The van der Waals surface area contributed by atoms with Crippen LogP contribution in [0.5, 0.6) is 0 Å². The van der Waals surface area contributed by atoms with E-state index >= 15 is 0 Å². The summed E-state index contributed by atoms with van der Waals surface area (Å²) < 4.78 is 0. The maximum Gasteiger partial charge on any atom is 0.261 e. The molecule has 0 atom stereocenters. The second-order valence-electron chi connectivity index (χ2n) is 3.33. The third-order valence-electron chi connectivity index (χ3n) is 2.10. The molecule has 0 fully saturated rings. The maximum atomic E-state index is 11.6. The van der Waals surface area contributed by atoms with Crippen molar-refractivity contribution < 1.29 is 4.79 Å². The Bertz CT molecular complexity index is 317. The number of hydrogen-bond acceptors (Lipinski definition) is 2. The molecule has 0 aliphatic heterocycles. The highest BCUT2D eigenvalue weighted by Crippen LogP contribution is 2.21. The summed E-state index contributed by atoms with van der Waals surface area (Å²) in [5, 5.41) is 2.88. The van der Waals surface area contributed by atoms with Crippen LogP contribution >= 0.6 is 11.3 Å². The van der Waals surface area contributed by atoms with E-state index in [1.165, 1.54) is 10.4 Å². The van der Waals surface area contributed by atoms with Gasteiger partial charge in [-0.05, 0) is 31.4 Å². The molecule has 1 rings (SSSR count). The number of carbonyl (C=O) groups excluding carboxylic acids is 1. The topological polar surface area (TPSA) is 29.1 Å². The Kier molecular flexibility index (Phi) is 4.14. The van der Waals surface area contributed by atoms with Gasteiger partial charge in [-0.2, -0.15) is 0 Å². The highest BCUT2D eigenvalue weighted by atomic mass is 32.1. The van der Waals surface area contributed by atoms with E-state index < -0.39 is 0 Å². The maximum absolute atomic E-state index is 11.6. The third-order valence-corrected chi connectivity index (χ3v) is 3.48. The Morgan fingerprint density at radius 2 is 2.21 bits per heavy atom. The molecule has 1 aromatic heterocycles. The first kappa shape index (κ1) is 11.2. The molecule has 1 heterocycles. The second-order valence-corrected chi connectivity index (χ2v) is 4.46. The van der Waals surface area contributed by atoms with Gasteiger partial charge in [0, 0.05) is 11.4 Å². The van der Waals surface area contributed by atoms with Gasteiger partial charge in [-0.3, -0.25) is 4.79 Å². The van der Waals surface area contributed by atoms with E-state index in [1.54, 1.807) is 11.3 Å².